The van der Waals surface area contributed by atoms with E-state index in [1.165, 1.54) is 22.3 Å². The van der Waals surface area contributed by atoms with Crippen LogP contribution >= 0.6 is 0 Å². The van der Waals surface area contributed by atoms with Crippen LogP contribution in [0.25, 0.3) is 11.1 Å². The Balaban J connectivity index is 1.15. The van der Waals surface area contributed by atoms with Gasteiger partial charge in [0, 0.05) is 43.0 Å². The van der Waals surface area contributed by atoms with Crippen LogP contribution < -0.4 is 15.4 Å². The van der Waals surface area contributed by atoms with Crippen LogP contribution in [-0.4, -0.2) is 80.1 Å². The molecule has 2 aromatic carbocycles. The zero-order chi connectivity index (χ0) is 33.6. The number of aromatic nitrogens is 1. The van der Waals surface area contributed by atoms with E-state index < -0.39 is 31.0 Å². The van der Waals surface area contributed by atoms with Crippen LogP contribution in [0.1, 0.15) is 80.0 Å². The standard InChI is InChI=1S/C37H49N3O7/c1-23(6-5-9-34(44)39-21-31(42)35(45)36(46)32(43)22-41)25-11-10-24(2)26(18-25)19-40-37(15-16-37)30-20-38-17-14-28(30)29-7-3-4-8-33(29)47-27-12-13-27/h3-4,7-8,10-11,14,17-18,20,23,27,31-32,35-36,40-43,45-46H,5-6,9,12-13,15-16,19,21-22H2,1-2H3,(H,39,44)/t23?,31-,32+,35+,36+/m0/s1. The highest BCUT2D eigenvalue weighted by Gasteiger charge is 2.46. The summed E-state index contributed by atoms with van der Waals surface area (Å²) in [5.74, 6) is 0.882. The second-order valence-electron chi connectivity index (χ2n) is 13.3. The molecular formula is C37H49N3O7. The van der Waals surface area contributed by atoms with Crippen molar-refractivity contribution in [1.29, 1.82) is 0 Å². The van der Waals surface area contributed by atoms with Gasteiger partial charge < -0.3 is 40.9 Å². The first-order valence-electron chi connectivity index (χ1n) is 16.8. The summed E-state index contributed by atoms with van der Waals surface area (Å²) < 4.78 is 6.26. The third kappa shape index (κ3) is 8.95. The van der Waals surface area contributed by atoms with Crippen LogP contribution in [0, 0.1) is 6.92 Å². The average Bonchev–Trinajstić information content (AvgIpc) is 4.03. The summed E-state index contributed by atoms with van der Waals surface area (Å²) in [6.07, 6.45) is 3.66. The lowest BCUT2D eigenvalue weighted by atomic mass is 9.91. The van der Waals surface area contributed by atoms with Gasteiger partial charge in [0.25, 0.3) is 0 Å². The highest BCUT2D eigenvalue weighted by molar-refractivity contribution is 5.76. The summed E-state index contributed by atoms with van der Waals surface area (Å²) in [5.41, 5.74) is 6.99. The first-order valence-corrected chi connectivity index (χ1v) is 16.8. The fourth-order valence-corrected chi connectivity index (χ4v) is 6.01. The predicted molar refractivity (Wildman–Crippen MR) is 179 cm³/mol. The van der Waals surface area contributed by atoms with E-state index in [9.17, 15) is 25.2 Å². The van der Waals surface area contributed by atoms with Gasteiger partial charge >= 0.3 is 0 Å². The normalized spacial score (nSPS) is 18.5. The van der Waals surface area contributed by atoms with Gasteiger partial charge in [-0.3, -0.25) is 9.78 Å². The number of para-hydroxylation sites is 1. The van der Waals surface area contributed by atoms with Crippen LogP contribution in [0.3, 0.4) is 0 Å². The van der Waals surface area contributed by atoms with E-state index in [4.69, 9.17) is 9.84 Å². The van der Waals surface area contributed by atoms with Gasteiger partial charge in [0.1, 0.15) is 24.1 Å². The van der Waals surface area contributed by atoms with Gasteiger partial charge in [0.15, 0.2) is 0 Å². The maximum atomic E-state index is 12.4. The van der Waals surface area contributed by atoms with Gasteiger partial charge in [0.2, 0.25) is 5.91 Å². The van der Waals surface area contributed by atoms with Crippen molar-refractivity contribution in [3.05, 3.63) is 83.2 Å². The van der Waals surface area contributed by atoms with E-state index >= 15 is 0 Å². The Kier molecular flexibility index (Phi) is 11.7. The van der Waals surface area contributed by atoms with Gasteiger partial charge in [-0.25, -0.2) is 0 Å². The molecule has 254 valence electrons. The van der Waals surface area contributed by atoms with E-state index in [0.29, 0.717) is 12.5 Å². The Morgan fingerprint density at radius 2 is 1.77 bits per heavy atom. The molecule has 47 heavy (non-hydrogen) atoms. The molecule has 3 aromatic rings. The van der Waals surface area contributed by atoms with Crippen LogP contribution in [0.2, 0.25) is 0 Å². The first-order chi connectivity index (χ1) is 22.6. The monoisotopic (exact) mass is 647 g/mol. The molecule has 0 bridgehead atoms. The zero-order valence-corrected chi connectivity index (χ0v) is 27.3. The summed E-state index contributed by atoms with van der Waals surface area (Å²) in [6, 6.07) is 16.9. The molecule has 5 rings (SSSR count). The molecule has 0 aliphatic heterocycles. The summed E-state index contributed by atoms with van der Waals surface area (Å²) in [5, 5.41) is 54.5. The number of hydrogen-bond donors (Lipinski definition) is 7. The van der Waals surface area contributed by atoms with Crippen molar-refractivity contribution in [2.24, 2.45) is 0 Å². The van der Waals surface area contributed by atoms with Gasteiger partial charge in [-0.05, 0) is 91.3 Å². The van der Waals surface area contributed by atoms with Crippen LogP contribution in [-0.2, 0) is 16.9 Å². The minimum absolute atomic E-state index is 0.141. The van der Waals surface area contributed by atoms with Gasteiger partial charge in [-0.15, -0.1) is 0 Å². The number of pyridine rings is 1. The van der Waals surface area contributed by atoms with Gasteiger partial charge in [-0.2, -0.15) is 0 Å². The van der Waals surface area contributed by atoms with Crippen molar-refractivity contribution in [2.75, 3.05) is 13.2 Å². The molecule has 1 aromatic heterocycles. The Morgan fingerprint density at radius 1 is 1.02 bits per heavy atom. The summed E-state index contributed by atoms with van der Waals surface area (Å²) in [6.45, 7) is 3.97. The molecule has 1 heterocycles. The lowest BCUT2D eigenvalue weighted by Crippen LogP contribution is -2.49. The number of ether oxygens (including phenoxy) is 1. The quantitative estimate of drug-likeness (QED) is 0.110. The van der Waals surface area contributed by atoms with Crippen LogP contribution in [0.4, 0.5) is 0 Å². The fourth-order valence-electron chi connectivity index (χ4n) is 6.01. The molecule has 2 aliphatic carbocycles. The Labute approximate surface area is 276 Å². The molecule has 7 N–H and O–H groups in total. The van der Waals surface area contributed by atoms with Gasteiger partial charge in [0.05, 0.1) is 18.8 Å². The minimum atomic E-state index is -1.72. The lowest BCUT2D eigenvalue weighted by Gasteiger charge is -2.25. The average molecular weight is 648 g/mol. The molecule has 5 atom stereocenters. The van der Waals surface area contributed by atoms with E-state index in [0.717, 1.165) is 55.5 Å². The Bertz CT molecular complexity index is 1490. The van der Waals surface area contributed by atoms with E-state index in [2.05, 4.69) is 71.9 Å². The molecule has 2 saturated carbocycles. The van der Waals surface area contributed by atoms with E-state index in [1.807, 2.05) is 18.5 Å². The third-order valence-corrected chi connectivity index (χ3v) is 9.52. The van der Waals surface area contributed by atoms with E-state index in [-0.39, 0.29) is 30.3 Å². The highest BCUT2D eigenvalue weighted by Crippen LogP contribution is 2.50. The number of carbonyl (C=O) groups is 1. The first kappa shape index (κ1) is 34.9. The zero-order valence-electron chi connectivity index (χ0n) is 27.3. The Morgan fingerprint density at radius 3 is 2.49 bits per heavy atom. The van der Waals surface area contributed by atoms with Crippen molar-refractivity contribution in [3.63, 3.8) is 0 Å². The number of aryl methyl sites for hydroxylation is 1. The molecule has 1 unspecified atom stereocenters. The molecule has 2 aliphatic rings. The number of hydrogen-bond acceptors (Lipinski definition) is 9. The second kappa shape index (κ2) is 15.7. The van der Waals surface area contributed by atoms with Crippen molar-refractivity contribution < 1.29 is 35.1 Å². The minimum Gasteiger partial charge on any atom is -0.490 e. The molecule has 1 amide bonds. The van der Waals surface area contributed by atoms with Crippen LogP contribution in [0.5, 0.6) is 5.75 Å². The number of nitrogens with one attached hydrogen (secondary N) is 2. The van der Waals surface area contributed by atoms with Crippen molar-refractivity contribution >= 4 is 5.91 Å². The SMILES string of the molecule is Cc1ccc(C(C)CCCC(=O)NC[C@H](O)[C@@H](O)[C@H](O)[C@H](O)CO)cc1CNC1(c2cnccc2-c2ccccc2OC2CC2)CC1. The van der Waals surface area contributed by atoms with E-state index in [1.54, 1.807) is 0 Å². The molecule has 2 fully saturated rings. The predicted octanol–water partition coefficient (Wildman–Crippen LogP) is 3.20. The second-order valence-corrected chi connectivity index (χ2v) is 13.3. The molecule has 0 radical (unpaired) electrons. The van der Waals surface area contributed by atoms with Gasteiger partial charge in [-0.1, -0.05) is 43.3 Å². The van der Waals surface area contributed by atoms with Crippen molar-refractivity contribution in [2.45, 2.75) is 107 Å². The molecule has 10 heteroatoms. The fraction of sp³-hybridized carbons (Fsp3) is 0.514. The van der Waals surface area contributed by atoms with Crippen molar-refractivity contribution in [3.8, 4) is 16.9 Å². The number of benzene rings is 2. The lowest BCUT2D eigenvalue weighted by molar-refractivity contribution is -0.126. The maximum Gasteiger partial charge on any atom is 0.220 e. The number of nitrogens with zero attached hydrogens (tertiary/aromatic N) is 1. The molecular weight excluding hydrogens is 598 g/mol. The highest BCUT2D eigenvalue weighted by atomic mass is 16.5. The number of aliphatic hydroxyl groups is 5. The number of amides is 1. The molecule has 0 spiro atoms. The summed E-state index contributed by atoms with van der Waals surface area (Å²) in [4.78, 5) is 16.9. The van der Waals surface area contributed by atoms with Crippen molar-refractivity contribution in [1.82, 2.24) is 15.6 Å². The Hall–Kier alpha value is -3.38. The number of aliphatic hydroxyl groups excluding tert-OH is 5. The number of rotatable bonds is 18. The third-order valence-electron chi connectivity index (χ3n) is 9.52. The van der Waals surface area contributed by atoms with Crippen LogP contribution in [0.15, 0.2) is 60.9 Å². The molecule has 10 nitrogen and oxygen atoms in total. The maximum absolute atomic E-state index is 12.4. The summed E-state index contributed by atoms with van der Waals surface area (Å²) in [7, 11) is 0. The smallest absolute Gasteiger partial charge is 0.220 e. The largest absolute Gasteiger partial charge is 0.490 e. The summed E-state index contributed by atoms with van der Waals surface area (Å²) >= 11 is 0. The molecule has 0 saturated heterocycles. The number of carbonyl (C=O) groups excluding carboxylic acids is 1. The topological polar surface area (TPSA) is 164 Å².